The van der Waals surface area contributed by atoms with E-state index in [9.17, 15) is 4.79 Å². The van der Waals surface area contributed by atoms with Crippen LogP contribution in [0, 0.1) is 6.92 Å². The number of halogens is 1. The van der Waals surface area contributed by atoms with Gasteiger partial charge in [-0.25, -0.2) is 0 Å². The molecule has 0 spiro atoms. The Morgan fingerprint density at radius 3 is 2.79 bits per heavy atom. The van der Waals surface area contributed by atoms with Crippen molar-refractivity contribution in [3.63, 3.8) is 0 Å². The number of nitrogens with one attached hydrogen (secondary N) is 2. The van der Waals surface area contributed by atoms with Gasteiger partial charge in [-0.05, 0) is 19.1 Å². The van der Waals surface area contributed by atoms with Crippen molar-refractivity contribution >= 4 is 28.4 Å². The van der Waals surface area contributed by atoms with E-state index in [0.717, 1.165) is 48.3 Å². The number of H-pyrrole nitrogens is 1. The van der Waals surface area contributed by atoms with Crippen LogP contribution >= 0.6 is 11.6 Å². The Labute approximate surface area is 116 Å². The molecule has 0 aliphatic carbocycles. The van der Waals surface area contributed by atoms with Crippen molar-refractivity contribution in [3.8, 4) is 0 Å². The fourth-order valence-corrected chi connectivity index (χ4v) is 2.78. The van der Waals surface area contributed by atoms with E-state index in [1.54, 1.807) is 0 Å². The molecule has 1 aliphatic rings. The topological polar surface area (TPSA) is 48.1 Å². The van der Waals surface area contributed by atoms with Gasteiger partial charge in [0.05, 0.1) is 5.56 Å². The third kappa shape index (κ3) is 2.22. The molecule has 0 radical (unpaired) electrons. The number of aromatic nitrogens is 1. The van der Waals surface area contributed by atoms with Gasteiger partial charge in [-0.1, -0.05) is 17.7 Å². The second-order valence-corrected chi connectivity index (χ2v) is 5.29. The summed E-state index contributed by atoms with van der Waals surface area (Å²) >= 11 is 5.98. The van der Waals surface area contributed by atoms with Gasteiger partial charge in [-0.2, -0.15) is 0 Å². The first-order valence-corrected chi connectivity index (χ1v) is 6.82. The Kier molecular flexibility index (Phi) is 3.21. The van der Waals surface area contributed by atoms with Crippen LogP contribution in [0.4, 0.5) is 0 Å². The maximum absolute atomic E-state index is 12.6. The number of rotatable bonds is 1. The molecule has 2 aromatic rings. The predicted molar refractivity (Wildman–Crippen MR) is 76.8 cm³/mol. The number of carbonyl (C=O) groups excluding carboxylic acids is 1. The van der Waals surface area contributed by atoms with Crippen LogP contribution in [0.15, 0.2) is 18.2 Å². The summed E-state index contributed by atoms with van der Waals surface area (Å²) in [5, 5.41) is 4.88. The summed E-state index contributed by atoms with van der Waals surface area (Å²) in [6.45, 7) is 5.18. The number of benzene rings is 1. The molecule has 1 amide bonds. The number of aryl methyl sites for hydroxylation is 1. The van der Waals surface area contributed by atoms with Crippen LogP contribution in [0.25, 0.3) is 10.9 Å². The highest BCUT2D eigenvalue weighted by Crippen LogP contribution is 2.26. The van der Waals surface area contributed by atoms with Crippen molar-refractivity contribution in [1.82, 2.24) is 15.2 Å². The summed E-state index contributed by atoms with van der Waals surface area (Å²) in [5.74, 6) is 0.104. The minimum Gasteiger partial charge on any atom is -0.358 e. The molecule has 4 nitrogen and oxygen atoms in total. The van der Waals surface area contributed by atoms with Crippen LogP contribution in [0.5, 0.6) is 0 Å². The molecule has 2 N–H and O–H groups in total. The second-order valence-electron chi connectivity index (χ2n) is 4.86. The van der Waals surface area contributed by atoms with Gasteiger partial charge in [0, 0.05) is 47.8 Å². The summed E-state index contributed by atoms with van der Waals surface area (Å²) in [7, 11) is 0. The molecule has 3 rings (SSSR count). The molecule has 1 aromatic carbocycles. The minimum atomic E-state index is 0.104. The third-order valence-electron chi connectivity index (χ3n) is 3.57. The largest absolute Gasteiger partial charge is 0.358 e. The van der Waals surface area contributed by atoms with Gasteiger partial charge in [0.15, 0.2) is 0 Å². The van der Waals surface area contributed by atoms with Gasteiger partial charge in [0.1, 0.15) is 0 Å². The standard InChI is InChI=1S/C14H16ClN3O/c1-9-13(14(19)18-6-4-16-5-7-18)11-3-2-10(15)8-12(11)17-9/h2-3,8,16-17H,4-7H2,1H3. The zero-order valence-corrected chi connectivity index (χ0v) is 11.5. The second kappa shape index (κ2) is 4.87. The van der Waals surface area contributed by atoms with Crippen molar-refractivity contribution in [2.24, 2.45) is 0 Å². The number of aromatic amines is 1. The lowest BCUT2D eigenvalue weighted by Crippen LogP contribution is -2.46. The molecule has 100 valence electrons. The molecule has 2 heterocycles. The summed E-state index contributed by atoms with van der Waals surface area (Å²) in [4.78, 5) is 17.8. The number of piperazine rings is 1. The first kappa shape index (κ1) is 12.5. The number of fused-ring (bicyclic) bond motifs is 1. The Bertz CT molecular complexity index is 629. The molecule has 1 aliphatic heterocycles. The fraction of sp³-hybridized carbons (Fsp3) is 0.357. The first-order valence-electron chi connectivity index (χ1n) is 6.44. The van der Waals surface area contributed by atoms with Crippen LogP contribution in [0.3, 0.4) is 0 Å². The molecular weight excluding hydrogens is 262 g/mol. The molecule has 19 heavy (non-hydrogen) atoms. The van der Waals surface area contributed by atoms with Gasteiger partial charge in [0.2, 0.25) is 0 Å². The van der Waals surface area contributed by atoms with Gasteiger partial charge < -0.3 is 15.2 Å². The summed E-state index contributed by atoms with van der Waals surface area (Å²) in [6.07, 6.45) is 0. The van der Waals surface area contributed by atoms with Crippen LogP contribution in [-0.4, -0.2) is 42.0 Å². The fourth-order valence-electron chi connectivity index (χ4n) is 2.61. The average molecular weight is 278 g/mol. The highest BCUT2D eigenvalue weighted by molar-refractivity contribution is 6.31. The highest BCUT2D eigenvalue weighted by Gasteiger charge is 2.23. The predicted octanol–water partition coefficient (Wildman–Crippen LogP) is 2.18. The molecule has 0 bridgehead atoms. The molecule has 1 fully saturated rings. The number of hydrogen-bond donors (Lipinski definition) is 2. The quantitative estimate of drug-likeness (QED) is 0.839. The molecule has 0 unspecified atom stereocenters. The minimum absolute atomic E-state index is 0.104. The Hall–Kier alpha value is -1.52. The molecular formula is C14H16ClN3O. The van der Waals surface area contributed by atoms with Gasteiger partial charge in [-0.15, -0.1) is 0 Å². The van der Waals surface area contributed by atoms with E-state index in [1.165, 1.54) is 0 Å². The maximum Gasteiger partial charge on any atom is 0.256 e. The highest BCUT2D eigenvalue weighted by atomic mass is 35.5. The van der Waals surface area contributed by atoms with E-state index in [4.69, 9.17) is 11.6 Å². The molecule has 1 saturated heterocycles. The van der Waals surface area contributed by atoms with Crippen LogP contribution in [0.2, 0.25) is 5.02 Å². The smallest absolute Gasteiger partial charge is 0.256 e. The summed E-state index contributed by atoms with van der Waals surface area (Å²) in [6, 6.07) is 5.60. The van der Waals surface area contributed by atoms with Gasteiger partial charge in [-0.3, -0.25) is 4.79 Å². The van der Waals surface area contributed by atoms with Crippen molar-refractivity contribution < 1.29 is 4.79 Å². The van der Waals surface area contributed by atoms with Crippen molar-refractivity contribution in [1.29, 1.82) is 0 Å². The Balaban J connectivity index is 2.03. The number of carbonyl (C=O) groups is 1. The molecule has 1 aromatic heterocycles. The normalized spacial score (nSPS) is 16.0. The van der Waals surface area contributed by atoms with Crippen LogP contribution < -0.4 is 5.32 Å². The average Bonchev–Trinajstić information content (AvgIpc) is 2.74. The zero-order valence-electron chi connectivity index (χ0n) is 10.8. The number of nitrogens with zero attached hydrogens (tertiary/aromatic N) is 1. The van der Waals surface area contributed by atoms with Gasteiger partial charge in [0.25, 0.3) is 5.91 Å². The molecule has 5 heteroatoms. The monoisotopic (exact) mass is 277 g/mol. The Morgan fingerprint density at radius 1 is 1.32 bits per heavy atom. The van der Waals surface area contributed by atoms with E-state index in [2.05, 4.69) is 10.3 Å². The zero-order chi connectivity index (χ0) is 13.4. The van der Waals surface area contributed by atoms with E-state index < -0.39 is 0 Å². The van der Waals surface area contributed by atoms with Crippen molar-refractivity contribution in [2.75, 3.05) is 26.2 Å². The summed E-state index contributed by atoms with van der Waals surface area (Å²) < 4.78 is 0. The van der Waals surface area contributed by atoms with Crippen LogP contribution in [-0.2, 0) is 0 Å². The number of amides is 1. The van der Waals surface area contributed by atoms with Crippen LogP contribution in [0.1, 0.15) is 16.1 Å². The van der Waals surface area contributed by atoms with E-state index in [-0.39, 0.29) is 5.91 Å². The van der Waals surface area contributed by atoms with Crippen molar-refractivity contribution in [2.45, 2.75) is 6.92 Å². The first-order chi connectivity index (χ1) is 9.16. The molecule has 0 atom stereocenters. The lowest BCUT2D eigenvalue weighted by Gasteiger charge is -2.27. The third-order valence-corrected chi connectivity index (χ3v) is 3.80. The van der Waals surface area contributed by atoms with E-state index in [1.807, 2.05) is 30.0 Å². The van der Waals surface area contributed by atoms with E-state index >= 15 is 0 Å². The van der Waals surface area contributed by atoms with Crippen molar-refractivity contribution in [3.05, 3.63) is 34.5 Å². The van der Waals surface area contributed by atoms with E-state index in [0.29, 0.717) is 5.02 Å². The SMILES string of the molecule is Cc1[nH]c2cc(Cl)ccc2c1C(=O)N1CCNCC1. The number of hydrogen-bond acceptors (Lipinski definition) is 2. The molecule has 0 saturated carbocycles. The summed E-state index contributed by atoms with van der Waals surface area (Å²) in [5.41, 5.74) is 2.60. The maximum atomic E-state index is 12.6. The lowest BCUT2D eigenvalue weighted by atomic mass is 10.1. The lowest BCUT2D eigenvalue weighted by molar-refractivity contribution is 0.0737. The van der Waals surface area contributed by atoms with Gasteiger partial charge >= 0.3 is 0 Å². The Morgan fingerprint density at radius 2 is 2.05 bits per heavy atom.